The number of aromatic hydroxyl groups is 1. The molecule has 1 rings (SSSR count). The number of rotatable bonds is 4. The zero-order chi connectivity index (χ0) is 12.8. The molecule has 5 heteroatoms. The van der Waals surface area contributed by atoms with Gasteiger partial charge in [-0.3, -0.25) is 4.79 Å². The number of esters is 1. The third kappa shape index (κ3) is 2.95. The molecular weight excluding hydrogens is 222 g/mol. The van der Waals surface area contributed by atoms with Crippen molar-refractivity contribution in [2.24, 2.45) is 0 Å². The molecule has 1 aromatic rings. The summed E-state index contributed by atoms with van der Waals surface area (Å²) in [5, 5.41) is 27.6. The number of phenolic OH excluding ortho intramolecular Hbond substituents is 1. The molecule has 0 aliphatic heterocycles. The first-order valence-corrected chi connectivity index (χ1v) is 5.14. The van der Waals surface area contributed by atoms with Gasteiger partial charge < -0.3 is 14.9 Å². The second-order valence-corrected chi connectivity index (χ2v) is 3.35. The summed E-state index contributed by atoms with van der Waals surface area (Å²) in [5.41, 5.74) is 0.723. The maximum atomic E-state index is 11.3. The lowest BCUT2D eigenvalue weighted by molar-refractivity contribution is -0.142. The van der Waals surface area contributed by atoms with Crippen molar-refractivity contribution in [1.82, 2.24) is 0 Å². The summed E-state index contributed by atoms with van der Waals surface area (Å²) in [5.74, 6) is -0.778. The molecule has 0 atom stereocenters. The lowest BCUT2D eigenvalue weighted by atomic mass is 10.0. The Labute approximate surface area is 98.9 Å². The van der Waals surface area contributed by atoms with E-state index >= 15 is 0 Å². The Morgan fingerprint density at radius 2 is 2.24 bits per heavy atom. The molecule has 0 fully saturated rings. The van der Waals surface area contributed by atoms with Crippen LogP contribution in [0.25, 0.3) is 0 Å². The van der Waals surface area contributed by atoms with Crippen molar-refractivity contribution >= 4 is 5.97 Å². The SMILES string of the molecule is CCOC(=O)Cc1c(CO)ccc(C#N)c1O. The smallest absolute Gasteiger partial charge is 0.310 e. The van der Waals surface area contributed by atoms with Crippen LogP contribution in [0.5, 0.6) is 5.75 Å². The minimum Gasteiger partial charge on any atom is -0.506 e. The first kappa shape index (κ1) is 13.0. The normalized spacial score (nSPS) is 9.71. The Morgan fingerprint density at radius 3 is 2.76 bits per heavy atom. The van der Waals surface area contributed by atoms with Crippen LogP contribution in [-0.2, 0) is 22.6 Å². The molecule has 0 amide bonds. The molecule has 0 heterocycles. The van der Waals surface area contributed by atoms with Crippen molar-refractivity contribution in [1.29, 1.82) is 5.26 Å². The Balaban J connectivity index is 3.11. The monoisotopic (exact) mass is 235 g/mol. The van der Waals surface area contributed by atoms with Crippen LogP contribution in [0, 0.1) is 11.3 Å². The van der Waals surface area contributed by atoms with Gasteiger partial charge in [0.05, 0.1) is 25.2 Å². The van der Waals surface area contributed by atoms with Crippen LogP contribution in [0.15, 0.2) is 12.1 Å². The van der Waals surface area contributed by atoms with Crippen LogP contribution in [-0.4, -0.2) is 22.8 Å². The van der Waals surface area contributed by atoms with E-state index in [-0.39, 0.29) is 36.5 Å². The van der Waals surface area contributed by atoms with Crippen LogP contribution in [0.1, 0.15) is 23.6 Å². The lowest BCUT2D eigenvalue weighted by Crippen LogP contribution is -2.10. The van der Waals surface area contributed by atoms with Crippen LogP contribution < -0.4 is 0 Å². The van der Waals surface area contributed by atoms with Gasteiger partial charge in [0.1, 0.15) is 11.8 Å². The van der Waals surface area contributed by atoms with E-state index in [4.69, 9.17) is 15.1 Å². The van der Waals surface area contributed by atoms with Crippen molar-refractivity contribution in [3.05, 3.63) is 28.8 Å². The summed E-state index contributed by atoms with van der Waals surface area (Å²) in [7, 11) is 0. The third-order valence-electron chi connectivity index (χ3n) is 2.30. The quantitative estimate of drug-likeness (QED) is 0.755. The molecule has 1 aromatic carbocycles. The van der Waals surface area contributed by atoms with Gasteiger partial charge in [-0.25, -0.2) is 0 Å². The molecule has 0 saturated heterocycles. The number of hydrogen-bond acceptors (Lipinski definition) is 5. The number of nitrogens with zero attached hydrogens (tertiary/aromatic N) is 1. The summed E-state index contributed by atoms with van der Waals surface area (Å²) in [4.78, 5) is 11.3. The second-order valence-electron chi connectivity index (χ2n) is 3.35. The van der Waals surface area contributed by atoms with Gasteiger partial charge in [-0.05, 0) is 18.6 Å². The molecule has 5 nitrogen and oxygen atoms in total. The molecule has 0 bridgehead atoms. The number of ether oxygens (including phenoxy) is 1. The number of phenols is 1. The highest BCUT2D eigenvalue weighted by molar-refractivity contribution is 5.75. The van der Waals surface area contributed by atoms with E-state index in [0.29, 0.717) is 5.56 Å². The lowest BCUT2D eigenvalue weighted by Gasteiger charge is -2.10. The molecule has 0 aliphatic carbocycles. The maximum Gasteiger partial charge on any atom is 0.310 e. The van der Waals surface area contributed by atoms with Gasteiger partial charge in [0.2, 0.25) is 0 Å². The fourth-order valence-corrected chi connectivity index (χ4v) is 1.47. The van der Waals surface area contributed by atoms with Crippen LogP contribution in [0.4, 0.5) is 0 Å². The van der Waals surface area contributed by atoms with Crippen LogP contribution in [0.2, 0.25) is 0 Å². The zero-order valence-corrected chi connectivity index (χ0v) is 9.43. The molecule has 0 radical (unpaired) electrons. The Kier molecular flexibility index (Phi) is 4.49. The molecule has 17 heavy (non-hydrogen) atoms. The van der Waals surface area contributed by atoms with Crippen molar-refractivity contribution in [2.75, 3.05) is 6.61 Å². The topological polar surface area (TPSA) is 90.5 Å². The molecule has 0 spiro atoms. The molecule has 90 valence electrons. The summed E-state index contributed by atoms with van der Waals surface area (Å²) < 4.78 is 4.76. The average molecular weight is 235 g/mol. The number of nitriles is 1. The largest absolute Gasteiger partial charge is 0.506 e. The molecule has 0 aromatic heterocycles. The molecule has 0 saturated carbocycles. The number of hydrogen-bond donors (Lipinski definition) is 2. The summed E-state index contributed by atoms with van der Waals surface area (Å²) in [6.45, 7) is 1.61. The van der Waals surface area contributed by atoms with Gasteiger partial charge >= 0.3 is 5.97 Å². The first-order chi connectivity index (χ1) is 8.13. The highest BCUT2D eigenvalue weighted by atomic mass is 16.5. The predicted octanol–water partition coefficient (Wildman–Crippen LogP) is 0.862. The second kappa shape index (κ2) is 5.87. The van der Waals surface area contributed by atoms with Gasteiger partial charge in [-0.2, -0.15) is 5.26 Å². The molecule has 0 unspecified atom stereocenters. The molecule has 2 N–H and O–H groups in total. The van der Waals surface area contributed by atoms with Gasteiger partial charge in [0, 0.05) is 5.56 Å². The van der Waals surface area contributed by atoms with Gasteiger partial charge in [-0.1, -0.05) is 6.07 Å². The number of benzene rings is 1. The van der Waals surface area contributed by atoms with Crippen LogP contribution in [0.3, 0.4) is 0 Å². The van der Waals surface area contributed by atoms with E-state index in [1.54, 1.807) is 6.92 Å². The van der Waals surface area contributed by atoms with E-state index < -0.39 is 5.97 Å². The summed E-state index contributed by atoms with van der Waals surface area (Å²) in [6.07, 6.45) is -0.162. The minimum absolute atomic E-state index is 0.0708. The van der Waals surface area contributed by atoms with Crippen LogP contribution >= 0.6 is 0 Å². The predicted molar refractivity (Wildman–Crippen MR) is 59.1 cm³/mol. The average Bonchev–Trinajstić information content (AvgIpc) is 2.32. The van der Waals surface area contributed by atoms with E-state index in [1.165, 1.54) is 12.1 Å². The Bertz CT molecular complexity index is 462. The summed E-state index contributed by atoms with van der Waals surface area (Å²) >= 11 is 0. The summed E-state index contributed by atoms with van der Waals surface area (Å²) in [6, 6.07) is 4.71. The molecule has 0 aliphatic rings. The van der Waals surface area contributed by atoms with Crippen molar-refractivity contribution in [3.63, 3.8) is 0 Å². The fraction of sp³-hybridized carbons (Fsp3) is 0.333. The van der Waals surface area contributed by atoms with Crippen molar-refractivity contribution in [2.45, 2.75) is 20.0 Å². The number of carbonyl (C=O) groups excluding carboxylic acids is 1. The number of aliphatic hydroxyl groups excluding tert-OH is 1. The highest BCUT2D eigenvalue weighted by Gasteiger charge is 2.16. The number of carbonyl (C=O) groups is 1. The standard InChI is InChI=1S/C12H13NO4/c1-2-17-11(15)5-10-9(7-14)4-3-8(6-13)12(10)16/h3-4,14,16H,2,5,7H2,1H3. The third-order valence-corrected chi connectivity index (χ3v) is 2.30. The van der Waals surface area contributed by atoms with Crippen molar-refractivity contribution < 1.29 is 19.7 Å². The fourth-order valence-electron chi connectivity index (χ4n) is 1.47. The maximum absolute atomic E-state index is 11.3. The van der Waals surface area contributed by atoms with Gasteiger partial charge in [0.15, 0.2) is 0 Å². The minimum atomic E-state index is -0.507. The van der Waals surface area contributed by atoms with Crippen molar-refractivity contribution in [3.8, 4) is 11.8 Å². The zero-order valence-electron chi connectivity index (χ0n) is 9.43. The highest BCUT2D eigenvalue weighted by Crippen LogP contribution is 2.26. The van der Waals surface area contributed by atoms with Gasteiger partial charge in [-0.15, -0.1) is 0 Å². The van der Waals surface area contributed by atoms with Gasteiger partial charge in [0.25, 0.3) is 0 Å². The van der Waals surface area contributed by atoms with E-state index in [0.717, 1.165) is 0 Å². The van der Waals surface area contributed by atoms with E-state index in [1.807, 2.05) is 6.07 Å². The Morgan fingerprint density at radius 1 is 1.53 bits per heavy atom. The first-order valence-electron chi connectivity index (χ1n) is 5.14. The van der Waals surface area contributed by atoms with E-state index in [2.05, 4.69) is 0 Å². The van der Waals surface area contributed by atoms with E-state index in [9.17, 15) is 9.90 Å². The molecular formula is C12H13NO4. The Hall–Kier alpha value is -2.06. The number of aliphatic hydroxyl groups is 1.